The lowest BCUT2D eigenvalue weighted by Gasteiger charge is -2.25. The number of aliphatic hydroxyl groups excluding tert-OH is 5. The van der Waals surface area contributed by atoms with Crippen molar-refractivity contribution in [2.75, 3.05) is 37.0 Å². The van der Waals surface area contributed by atoms with Gasteiger partial charge in [0.25, 0.3) is 0 Å². The quantitative estimate of drug-likeness (QED) is 0.0232. The minimum absolute atomic E-state index is 0.00358. The van der Waals surface area contributed by atoms with Crippen molar-refractivity contribution in [1.82, 2.24) is 58.6 Å². The molecule has 3 aliphatic heterocycles. The van der Waals surface area contributed by atoms with E-state index in [2.05, 4.69) is 74.9 Å². The standard InChI is InChI=1S/C30H34N24O16P2/c31-19-12-22(38-4-37-19)54(30(41-12)48-51-36)27-18(70-72(62,63)64-2-8-13(56)16(59)25(67-8)52-5-39-10-20(32)42-28(46-49-34)44-23(10)52)15(58)9(68-27)3-65-71(60,61)69-17-14(57)7(1-55)66-26(17)53-6-40-11-21(33)43-29(47-50-35)45-24(11)53/h4-9,13-18,25-27,55-59H,1-3H2,(H,60,61)(H,62,63)(H2,31,37,38)(H2,32,42,44)(H2,33,43,45)/t7-,8-,9-,13-,14-,15-,16-,17-,18-,25-,26-,27-/m1/s1. The van der Waals surface area contributed by atoms with Crippen LogP contribution >= 0.6 is 15.6 Å². The number of phosphoric acid groups is 2. The number of hydrogen-bond acceptors (Lipinski definition) is 29. The van der Waals surface area contributed by atoms with Gasteiger partial charge in [0.05, 0.1) is 32.5 Å². The molecule has 3 fully saturated rings. The molecular formula is C30H34N24O16P2. The highest BCUT2D eigenvalue weighted by Gasteiger charge is 2.53. The molecule has 3 saturated heterocycles. The van der Waals surface area contributed by atoms with E-state index < -0.39 is 127 Å². The summed E-state index contributed by atoms with van der Waals surface area (Å²) in [5.41, 5.74) is 44.2. The van der Waals surface area contributed by atoms with Crippen LogP contribution in [0.3, 0.4) is 0 Å². The summed E-state index contributed by atoms with van der Waals surface area (Å²) >= 11 is 0. The molecule has 6 aromatic heterocycles. The summed E-state index contributed by atoms with van der Waals surface area (Å²) in [7, 11) is -11.0. The predicted molar refractivity (Wildman–Crippen MR) is 230 cm³/mol. The van der Waals surface area contributed by atoms with Gasteiger partial charge in [-0.15, -0.1) is 0 Å². The second-order valence-electron chi connectivity index (χ2n) is 15.3. The largest absolute Gasteiger partial charge is 0.472 e. The molecule has 0 radical (unpaired) electrons. The van der Waals surface area contributed by atoms with Gasteiger partial charge in [-0.05, 0) is 31.9 Å². The van der Waals surface area contributed by atoms with E-state index in [0.29, 0.717) is 0 Å². The molecule has 72 heavy (non-hydrogen) atoms. The Morgan fingerprint density at radius 1 is 0.611 bits per heavy atom. The van der Waals surface area contributed by atoms with Crippen LogP contribution < -0.4 is 17.2 Å². The van der Waals surface area contributed by atoms with E-state index in [1.165, 1.54) is 0 Å². The Kier molecular flexibility index (Phi) is 13.5. The van der Waals surface area contributed by atoms with Crippen molar-refractivity contribution in [2.24, 2.45) is 15.3 Å². The number of azide groups is 3. The molecule has 0 aliphatic carbocycles. The number of nitrogens with zero attached hydrogens (tertiary/aromatic N) is 21. The molecule has 42 heteroatoms. The van der Waals surface area contributed by atoms with E-state index >= 15 is 0 Å². The Hall–Kier alpha value is -7.12. The van der Waals surface area contributed by atoms with Gasteiger partial charge in [0.1, 0.15) is 72.3 Å². The van der Waals surface area contributed by atoms with Gasteiger partial charge >= 0.3 is 15.6 Å². The first-order valence-electron chi connectivity index (χ1n) is 20.1. The van der Waals surface area contributed by atoms with E-state index in [0.717, 1.165) is 32.7 Å². The third-order valence-electron chi connectivity index (χ3n) is 11.0. The maximum atomic E-state index is 13.8. The molecular weight excluding hydrogens is 1010 g/mol. The van der Waals surface area contributed by atoms with Crippen LogP contribution in [0, 0.1) is 0 Å². The number of nitrogens with two attached hydrogens (primary N) is 3. The minimum Gasteiger partial charge on any atom is -0.394 e. The minimum atomic E-state index is -5.52. The second-order valence-corrected chi connectivity index (χ2v) is 18.1. The van der Waals surface area contributed by atoms with Gasteiger partial charge in [0.15, 0.2) is 58.6 Å². The van der Waals surface area contributed by atoms with Gasteiger partial charge in [0, 0.05) is 14.7 Å². The van der Waals surface area contributed by atoms with Crippen molar-refractivity contribution >= 4 is 84.4 Å². The SMILES string of the molecule is [N-]=[N+]=Nc1nc(N)c2ncn([C@@H]3O[C@H](COP(=O)(O)O[C@@H]4[C@H](O)[C@@H](COP(=O)(O)O[C@@H]5[C@H](O)[C@@H](CO)O[C@H]5n5cnc6c(N)nc(N=[N+]=[N-])nc65)O[C@H]4n4c(N=[N+]=[N-])nc5c(N)ncnc54)[C@@H](O)[C@H]3O)c2n1. The van der Waals surface area contributed by atoms with Crippen molar-refractivity contribution in [3.8, 4) is 0 Å². The first-order chi connectivity index (χ1) is 34.4. The number of nitrogen functional groups attached to an aromatic ring is 3. The Morgan fingerprint density at radius 2 is 1.11 bits per heavy atom. The van der Waals surface area contributed by atoms with Gasteiger partial charge in [-0.3, -0.25) is 31.8 Å². The molecule has 6 aromatic rings. The van der Waals surface area contributed by atoms with Gasteiger partial charge in [0.2, 0.25) is 17.8 Å². The number of ether oxygens (including phenoxy) is 3. The average molecular weight is 1050 g/mol. The fraction of sp³-hybridized carbons (Fsp3) is 0.500. The third kappa shape index (κ3) is 9.19. The van der Waals surface area contributed by atoms with Crippen LogP contribution in [0.2, 0.25) is 0 Å². The van der Waals surface area contributed by atoms with Crippen molar-refractivity contribution in [1.29, 1.82) is 0 Å². The third-order valence-corrected chi connectivity index (χ3v) is 13.0. The zero-order valence-corrected chi connectivity index (χ0v) is 37.4. The van der Waals surface area contributed by atoms with Crippen LogP contribution in [0.25, 0.3) is 64.8 Å². The Bertz CT molecular complexity index is 3330. The maximum Gasteiger partial charge on any atom is 0.472 e. The summed E-state index contributed by atoms with van der Waals surface area (Å²) in [6.45, 7) is -2.96. The van der Waals surface area contributed by atoms with Crippen LogP contribution in [0.4, 0.5) is 35.3 Å². The van der Waals surface area contributed by atoms with E-state index in [-0.39, 0.29) is 50.9 Å². The second kappa shape index (κ2) is 19.5. The van der Waals surface area contributed by atoms with Gasteiger partial charge in [-0.2, -0.15) is 0 Å². The molecule has 0 amide bonds. The summed E-state index contributed by atoms with van der Waals surface area (Å²) < 4.78 is 69.2. The lowest BCUT2D eigenvalue weighted by molar-refractivity contribution is -0.0640. The van der Waals surface area contributed by atoms with E-state index in [4.69, 9.17) is 60.6 Å². The fourth-order valence-corrected chi connectivity index (χ4v) is 9.70. The number of imidazole rings is 3. The molecule has 14 atom stereocenters. The number of hydrogen-bond donors (Lipinski definition) is 10. The maximum absolute atomic E-state index is 13.8. The van der Waals surface area contributed by atoms with E-state index in [9.17, 15) is 50.0 Å². The van der Waals surface area contributed by atoms with E-state index in [1.54, 1.807) is 0 Å². The van der Waals surface area contributed by atoms with Gasteiger partial charge in [-0.1, -0.05) is 0 Å². The molecule has 0 spiro atoms. The molecule has 9 heterocycles. The monoisotopic (exact) mass is 1050 g/mol. The fourth-order valence-electron chi connectivity index (χ4n) is 7.84. The summed E-state index contributed by atoms with van der Waals surface area (Å²) in [6, 6.07) is 0. The Labute approximate surface area is 395 Å². The molecule has 9 rings (SSSR count). The highest BCUT2D eigenvalue weighted by Crippen LogP contribution is 2.53. The number of fused-ring (bicyclic) bond motifs is 3. The van der Waals surface area contributed by atoms with Crippen LogP contribution in [0.1, 0.15) is 18.7 Å². The number of aromatic nitrogens is 12. The van der Waals surface area contributed by atoms with Gasteiger partial charge < -0.3 is 66.7 Å². The molecule has 380 valence electrons. The molecule has 2 unspecified atom stereocenters. The van der Waals surface area contributed by atoms with Crippen molar-refractivity contribution in [3.63, 3.8) is 0 Å². The van der Waals surface area contributed by atoms with Crippen molar-refractivity contribution < 1.29 is 76.8 Å². The topological polar surface area (TPSA) is 596 Å². The number of phosphoric ester groups is 2. The zero-order chi connectivity index (χ0) is 51.4. The summed E-state index contributed by atoms with van der Waals surface area (Å²) in [4.78, 5) is 65.9. The number of rotatable bonds is 17. The average Bonchev–Trinajstić information content (AvgIpc) is 4.19. The van der Waals surface area contributed by atoms with Crippen LogP contribution in [0.15, 0.2) is 34.3 Å². The molecule has 3 aliphatic rings. The number of aliphatic hydroxyl groups is 5. The molecule has 0 saturated carbocycles. The zero-order valence-electron chi connectivity index (χ0n) is 35.6. The molecule has 0 aromatic carbocycles. The summed E-state index contributed by atoms with van der Waals surface area (Å²) in [5, 5.41) is 64.7. The first-order valence-corrected chi connectivity index (χ1v) is 23.1. The van der Waals surface area contributed by atoms with E-state index in [1.807, 2.05) is 0 Å². The Morgan fingerprint density at radius 3 is 1.67 bits per heavy atom. The normalized spacial score (nSPS) is 28.9. The highest BCUT2D eigenvalue weighted by atomic mass is 31.2. The predicted octanol–water partition coefficient (Wildman–Crippen LogP) is -0.789. The first kappa shape index (κ1) is 49.8. The van der Waals surface area contributed by atoms with Crippen LogP contribution in [-0.2, 0) is 41.4 Å². The van der Waals surface area contributed by atoms with Crippen molar-refractivity contribution in [2.45, 2.75) is 73.6 Å². The smallest absolute Gasteiger partial charge is 0.394 e. The molecule has 13 N–H and O–H groups in total. The molecule has 0 bridgehead atoms. The molecule has 40 nitrogen and oxygen atoms in total. The summed E-state index contributed by atoms with van der Waals surface area (Å²) in [6.07, 6.45) is -18.4. The lowest BCUT2D eigenvalue weighted by atomic mass is 10.1. The van der Waals surface area contributed by atoms with Crippen LogP contribution in [0.5, 0.6) is 0 Å². The highest BCUT2D eigenvalue weighted by molar-refractivity contribution is 7.47. The lowest BCUT2D eigenvalue weighted by Crippen LogP contribution is -2.37. The van der Waals surface area contributed by atoms with Crippen molar-refractivity contribution in [3.05, 3.63) is 50.3 Å². The summed E-state index contributed by atoms with van der Waals surface area (Å²) in [5.74, 6) is -2.15. The Balaban J connectivity index is 0.954. The number of anilines is 3. The van der Waals surface area contributed by atoms with Gasteiger partial charge in [-0.25, -0.2) is 54.0 Å². The van der Waals surface area contributed by atoms with Crippen LogP contribution in [-0.4, -0.2) is 169 Å².